The summed E-state index contributed by atoms with van der Waals surface area (Å²) in [5, 5.41) is 5.72. The maximum atomic E-state index is 12.2. The van der Waals surface area contributed by atoms with Crippen LogP contribution in [-0.2, 0) is 22.0 Å². The van der Waals surface area contributed by atoms with Crippen LogP contribution in [-0.4, -0.2) is 17.5 Å². The minimum atomic E-state index is -0.0837. The zero-order valence-electron chi connectivity index (χ0n) is 14.2. The van der Waals surface area contributed by atoms with Crippen LogP contribution in [0.5, 0.6) is 0 Å². The predicted molar refractivity (Wildman–Crippen MR) is 106 cm³/mol. The Morgan fingerprint density at radius 1 is 1.12 bits per heavy atom. The largest absolute Gasteiger partial charge is 0.376 e. The van der Waals surface area contributed by atoms with Crippen LogP contribution in [0.25, 0.3) is 10.6 Å². The second-order valence-electron chi connectivity index (χ2n) is 5.66. The van der Waals surface area contributed by atoms with Crippen LogP contribution in [0.4, 0.5) is 5.69 Å². The lowest BCUT2D eigenvalue weighted by molar-refractivity contribution is -0.117. The predicted octanol–water partition coefficient (Wildman–Crippen LogP) is 5.09. The van der Waals surface area contributed by atoms with Gasteiger partial charge in [-0.1, -0.05) is 42.5 Å². The molecule has 134 valence electrons. The number of carbonyl (C=O) groups is 1. The van der Waals surface area contributed by atoms with Crippen LogP contribution in [0.15, 0.2) is 60.0 Å². The van der Waals surface area contributed by atoms with E-state index in [4.69, 9.17) is 16.3 Å². The van der Waals surface area contributed by atoms with Gasteiger partial charge >= 0.3 is 0 Å². The highest BCUT2D eigenvalue weighted by atomic mass is 35.5. The summed E-state index contributed by atoms with van der Waals surface area (Å²) in [6.07, 6.45) is 0.298. The molecule has 0 saturated heterocycles. The minimum Gasteiger partial charge on any atom is -0.376 e. The Balaban J connectivity index is 1.54. The zero-order chi connectivity index (χ0) is 18.2. The van der Waals surface area contributed by atoms with Gasteiger partial charge in [-0.25, -0.2) is 4.98 Å². The lowest BCUT2D eigenvalue weighted by atomic mass is 10.2. The number of carbonyl (C=O) groups excluding carboxylic acids is 1. The first-order chi connectivity index (χ1) is 12.8. The van der Waals surface area contributed by atoms with Crippen LogP contribution < -0.4 is 5.32 Å². The quantitative estimate of drug-likeness (QED) is 0.433. The van der Waals surface area contributed by atoms with Crippen LogP contribution in [0.2, 0.25) is 0 Å². The van der Waals surface area contributed by atoms with Crippen molar-refractivity contribution in [3.8, 4) is 10.6 Å². The third-order valence-corrected chi connectivity index (χ3v) is 4.90. The molecule has 1 amide bonds. The van der Waals surface area contributed by atoms with Crippen molar-refractivity contribution in [2.75, 3.05) is 11.9 Å². The zero-order valence-corrected chi connectivity index (χ0v) is 15.7. The third-order valence-electron chi connectivity index (χ3n) is 3.71. The van der Waals surface area contributed by atoms with Gasteiger partial charge in [0.05, 0.1) is 36.9 Å². The van der Waals surface area contributed by atoms with Gasteiger partial charge in [0.1, 0.15) is 5.01 Å². The highest BCUT2D eigenvalue weighted by Gasteiger charge is 2.11. The molecule has 3 rings (SSSR count). The maximum absolute atomic E-state index is 12.2. The van der Waals surface area contributed by atoms with Crippen molar-refractivity contribution < 1.29 is 9.53 Å². The molecule has 0 spiro atoms. The van der Waals surface area contributed by atoms with Crippen molar-refractivity contribution in [1.82, 2.24) is 4.98 Å². The first-order valence-corrected chi connectivity index (χ1v) is 9.69. The highest BCUT2D eigenvalue weighted by Crippen LogP contribution is 2.30. The van der Waals surface area contributed by atoms with E-state index in [0.29, 0.717) is 25.5 Å². The number of para-hydroxylation sites is 1. The summed E-state index contributed by atoms with van der Waals surface area (Å²) in [5.41, 5.74) is 3.57. The average Bonchev–Trinajstić information content (AvgIpc) is 3.16. The fraction of sp³-hybridized carbons (Fsp3) is 0.200. The number of anilines is 1. The monoisotopic (exact) mass is 386 g/mol. The van der Waals surface area contributed by atoms with Gasteiger partial charge in [-0.15, -0.1) is 22.9 Å². The molecule has 0 bridgehead atoms. The average molecular weight is 387 g/mol. The number of hydrogen-bond donors (Lipinski definition) is 1. The molecule has 1 N–H and O–H groups in total. The number of nitrogens with one attached hydrogen (secondary N) is 1. The Morgan fingerprint density at radius 2 is 1.88 bits per heavy atom. The summed E-state index contributed by atoms with van der Waals surface area (Å²) in [7, 11) is 0. The number of nitrogens with zero attached hydrogens (tertiary/aromatic N) is 1. The molecule has 1 heterocycles. The smallest absolute Gasteiger partial charge is 0.226 e. The molecule has 0 fully saturated rings. The summed E-state index contributed by atoms with van der Waals surface area (Å²) in [4.78, 5) is 16.7. The van der Waals surface area contributed by atoms with E-state index in [-0.39, 0.29) is 5.91 Å². The van der Waals surface area contributed by atoms with Crippen LogP contribution in [0.1, 0.15) is 17.7 Å². The van der Waals surface area contributed by atoms with E-state index in [2.05, 4.69) is 10.3 Å². The van der Waals surface area contributed by atoms with Crippen LogP contribution in [0.3, 0.4) is 0 Å². The van der Waals surface area contributed by atoms with Gasteiger partial charge in [0, 0.05) is 10.9 Å². The van der Waals surface area contributed by atoms with Gasteiger partial charge in [0.25, 0.3) is 0 Å². The first-order valence-electron chi connectivity index (χ1n) is 8.27. The van der Waals surface area contributed by atoms with Gasteiger partial charge in [0.2, 0.25) is 5.91 Å². The SMILES string of the molecule is O=C(CCOCc1ccccc1)Nc1ccccc1-c1nc(CCl)cs1. The number of aromatic nitrogens is 1. The van der Waals surface area contributed by atoms with Crippen LogP contribution in [0, 0.1) is 0 Å². The van der Waals surface area contributed by atoms with E-state index in [1.807, 2.05) is 60.0 Å². The molecule has 6 heteroatoms. The van der Waals surface area contributed by atoms with E-state index >= 15 is 0 Å². The number of halogens is 1. The van der Waals surface area contributed by atoms with Gasteiger partial charge in [-0.3, -0.25) is 4.79 Å². The molecular weight excluding hydrogens is 368 g/mol. The summed E-state index contributed by atoms with van der Waals surface area (Å²) in [5.74, 6) is 0.295. The van der Waals surface area contributed by atoms with E-state index < -0.39 is 0 Å². The van der Waals surface area contributed by atoms with E-state index in [0.717, 1.165) is 27.5 Å². The number of alkyl halides is 1. The molecule has 0 aliphatic heterocycles. The maximum Gasteiger partial charge on any atom is 0.226 e. The lowest BCUT2D eigenvalue weighted by Gasteiger charge is -2.10. The van der Waals surface area contributed by atoms with E-state index in [9.17, 15) is 4.79 Å². The van der Waals surface area contributed by atoms with Gasteiger partial charge in [-0.2, -0.15) is 0 Å². The molecular formula is C20H19ClN2O2S. The lowest BCUT2D eigenvalue weighted by Crippen LogP contribution is -2.14. The number of benzene rings is 2. The summed E-state index contributed by atoms with van der Waals surface area (Å²) < 4.78 is 5.58. The Labute approximate surface area is 161 Å². The summed E-state index contributed by atoms with van der Waals surface area (Å²) >= 11 is 7.34. The van der Waals surface area contributed by atoms with Crippen molar-refractivity contribution in [2.24, 2.45) is 0 Å². The number of thiazole rings is 1. The van der Waals surface area contributed by atoms with Crippen molar-refractivity contribution >= 4 is 34.5 Å². The fourth-order valence-corrected chi connectivity index (χ4v) is 3.50. The fourth-order valence-electron chi connectivity index (χ4n) is 2.41. The molecule has 1 aromatic heterocycles. The van der Waals surface area contributed by atoms with Crippen molar-refractivity contribution in [3.63, 3.8) is 0 Å². The molecule has 0 radical (unpaired) electrons. The Bertz CT molecular complexity index is 852. The second kappa shape index (κ2) is 9.48. The molecule has 0 unspecified atom stereocenters. The first kappa shape index (κ1) is 18.6. The molecule has 0 aliphatic carbocycles. The highest BCUT2D eigenvalue weighted by molar-refractivity contribution is 7.13. The second-order valence-corrected chi connectivity index (χ2v) is 6.78. The standard InChI is InChI=1S/C20H19ClN2O2S/c21-12-16-14-26-20(22-16)17-8-4-5-9-18(17)23-19(24)10-11-25-13-15-6-2-1-3-7-15/h1-9,14H,10-13H2,(H,23,24). The normalized spacial score (nSPS) is 10.7. The molecule has 26 heavy (non-hydrogen) atoms. The molecule has 2 aromatic carbocycles. The van der Waals surface area contributed by atoms with Crippen molar-refractivity contribution in [2.45, 2.75) is 18.9 Å². The molecule has 0 saturated carbocycles. The van der Waals surface area contributed by atoms with Crippen molar-refractivity contribution in [3.05, 3.63) is 71.2 Å². The van der Waals surface area contributed by atoms with E-state index in [1.165, 1.54) is 11.3 Å². The Morgan fingerprint density at radius 3 is 2.65 bits per heavy atom. The molecule has 3 aromatic rings. The van der Waals surface area contributed by atoms with Gasteiger partial charge in [-0.05, 0) is 17.7 Å². The minimum absolute atomic E-state index is 0.0837. The molecule has 4 nitrogen and oxygen atoms in total. The summed E-state index contributed by atoms with van der Waals surface area (Å²) in [6.45, 7) is 0.877. The van der Waals surface area contributed by atoms with Gasteiger partial charge < -0.3 is 10.1 Å². The number of rotatable bonds is 8. The summed E-state index contributed by atoms with van der Waals surface area (Å²) in [6, 6.07) is 17.5. The Hall–Kier alpha value is -2.21. The Kier molecular flexibility index (Phi) is 6.77. The van der Waals surface area contributed by atoms with Crippen molar-refractivity contribution in [1.29, 1.82) is 0 Å². The van der Waals surface area contributed by atoms with Gasteiger partial charge in [0.15, 0.2) is 0 Å². The third kappa shape index (κ3) is 5.14. The number of amides is 1. The topological polar surface area (TPSA) is 51.2 Å². The van der Waals surface area contributed by atoms with Crippen LogP contribution >= 0.6 is 22.9 Å². The number of ether oxygens (including phenoxy) is 1. The van der Waals surface area contributed by atoms with E-state index in [1.54, 1.807) is 0 Å². The molecule has 0 atom stereocenters. The molecule has 0 aliphatic rings. The number of hydrogen-bond acceptors (Lipinski definition) is 4.